The summed E-state index contributed by atoms with van der Waals surface area (Å²) in [6.45, 7) is 0.338. The molecule has 0 radical (unpaired) electrons. The predicted octanol–water partition coefficient (Wildman–Crippen LogP) is -0.344. The highest BCUT2D eigenvalue weighted by Gasteiger charge is 2.51. The molecule has 7 nitrogen and oxygen atoms in total. The lowest BCUT2D eigenvalue weighted by atomic mass is 9.84. The number of H-pyrrole nitrogens is 1. The highest BCUT2D eigenvalue weighted by Crippen LogP contribution is 2.27. The third kappa shape index (κ3) is 2.80. The van der Waals surface area contributed by atoms with Gasteiger partial charge in [-0.3, -0.25) is 9.59 Å². The van der Waals surface area contributed by atoms with Gasteiger partial charge >= 0.3 is 0 Å². The summed E-state index contributed by atoms with van der Waals surface area (Å²) < 4.78 is 4.96. The second kappa shape index (κ2) is 6.02. The fourth-order valence-corrected chi connectivity index (χ4v) is 2.74. The highest BCUT2D eigenvalue weighted by atomic mass is 16.5. The van der Waals surface area contributed by atoms with Gasteiger partial charge in [0.15, 0.2) is 5.41 Å². The molecule has 1 unspecified atom stereocenters. The number of amides is 2. The molecule has 2 heterocycles. The zero-order valence-electron chi connectivity index (χ0n) is 12.7. The lowest BCUT2D eigenvalue weighted by Gasteiger charge is -2.36. The number of hydrogen-bond donors (Lipinski definition) is 4. The first-order chi connectivity index (χ1) is 11.0. The fraction of sp³-hybridized carbons (Fsp3) is 0.375. The van der Waals surface area contributed by atoms with Gasteiger partial charge in [-0.1, -0.05) is 18.2 Å². The number of primary amides is 1. The van der Waals surface area contributed by atoms with E-state index in [1.165, 1.54) is 0 Å². The Kier molecular flexibility index (Phi) is 4.06. The van der Waals surface area contributed by atoms with Crippen LogP contribution in [-0.4, -0.2) is 42.6 Å². The van der Waals surface area contributed by atoms with Crippen molar-refractivity contribution in [3.8, 4) is 0 Å². The number of benzene rings is 1. The average Bonchev–Trinajstić information content (AvgIpc) is 2.87. The molecule has 1 fully saturated rings. The van der Waals surface area contributed by atoms with Crippen molar-refractivity contribution in [2.24, 2.45) is 16.9 Å². The van der Waals surface area contributed by atoms with Crippen LogP contribution in [0.3, 0.4) is 0 Å². The summed E-state index contributed by atoms with van der Waals surface area (Å²) in [4.78, 5) is 26.8. The zero-order valence-corrected chi connectivity index (χ0v) is 12.7. The number of fused-ring (bicyclic) bond motifs is 1. The van der Waals surface area contributed by atoms with Crippen molar-refractivity contribution in [1.82, 2.24) is 10.3 Å². The van der Waals surface area contributed by atoms with E-state index in [0.29, 0.717) is 6.42 Å². The summed E-state index contributed by atoms with van der Waals surface area (Å²) in [7, 11) is 0. The third-order valence-electron chi connectivity index (χ3n) is 4.29. The Morgan fingerprint density at radius 1 is 1.35 bits per heavy atom. The van der Waals surface area contributed by atoms with Crippen molar-refractivity contribution in [2.45, 2.75) is 12.5 Å². The summed E-state index contributed by atoms with van der Waals surface area (Å²) in [6.07, 6.45) is 2.54. The number of carbonyl (C=O) groups is 2. The molecular formula is C16H20N4O3. The van der Waals surface area contributed by atoms with E-state index in [1.807, 2.05) is 30.5 Å². The number of para-hydroxylation sites is 1. The molecule has 1 aliphatic heterocycles. The standard InChI is InChI=1S/C16H20N4O3/c17-11(5-10-6-19-13-4-2-1-3-12(10)13)7-20-15(22)16(14(18)21)8-23-9-16/h1-4,6,11,19H,5,7-9,17H2,(H2,18,21)(H,20,22). The zero-order chi connectivity index (χ0) is 16.4. The second-order valence-corrected chi connectivity index (χ2v) is 5.97. The number of aromatic nitrogens is 1. The predicted molar refractivity (Wildman–Crippen MR) is 85.4 cm³/mol. The molecule has 1 aliphatic rings. The quantitative estimate of drug-likeness (QED) is 0.544. The van der Waals surface area contributed by atoms with E-state index in [0.717, 1.165) is 16.5 Å². The van der Waals surface area contributed by atoms with Crippen molar-refractivity contribution >= 4 is 22.7 Å². The van der Waals surface area contributed by atoms with Gasteiger partial charge in [-0.15, -0.1) is 0 Å². The van der Waals surface area contributed by atoms with E-state index in [2.05, 4.69) is 10.3 Å². The van der Waals surface area contributed by atoms with Crippen LogP contribution >= 0.6 is 0 Å². The Balaban J connectivity index is 1.58. The lowest BCUT2D eigenvalue weighted by molar-refractivity contribution is -0.171. The normalized spacial score (nSPS) is 17.4. The number of nitrogens with one attached hydrogen (secondary N) is 2. The number of hydrogen-bond acceptors (Lipinski definition) is 4. The van der Waals surface area contributed by atoms with Crippen molar-refractivity contribution < 1.29 is 14.3 Å². The lowest BCUT2D eigenvalue weighted by Crippen LogP contribution is -2.62. The van der Waals surface area contributed by atoms with Crippen LogP contribution in [0, 0.1) is 5.41 Å². The molecule has 2 aromatic rings. The van der Waals surface area contributed by atoms with Crippen molar-refractivity contribution in [3.63, 3.8) is 0 Å². The van der Waals surface area contributed by atoms with Crippen molar-refractivity contribution in [3.05, 3.63) is 36.0 Å². The van der Waals surface area contributed by atoms with E-state index >= 15 is 0 Å². The Hall–Kier alpha value is -2.38. The van der Waals surface area contributed by atoms with E-state index in [9.17, 15) is 9.59 Å². The molecule has 0 spiro atoms. The molecule has 1 atom stereocenters. The van der Waals surface area contributed by atoms with Crippen LogP contribution < -0.4 is 16.8 Å². The number of carbonyl (C=O) groups excluding carboxylic acids is 2. The topological polar surface area (TPSA) is 123 Å². The summed E-state index contributed by atoms with van der Waals surface area (Å²) in [5.74, 6) is -1.07. The first kappa shape index (κ1) is 15.5. The average molecular weight is 316 g/mol. The van der Waals surface area contributed by atoms with Crippen molar-refractivity contribution in [1.29, 1.82) is 0 Å². The first-order valence-corrected chi connectivity index (χ1v) is 7.49. The summed E-state index contributed by atoms with van der Waals surface area (Å²) in [5.41, 5.74) is 12.3. The number of nitrogens with two attached hydrogens (primary N) is 2. The highest BCUT2D eigenvalue weighted by molar-refractivity contribution is 6.05. The Morgan fingerprint density at radius 2 is 2.09 bits per heavy atom. The summed E-state index contributed by atoms with van der Waals surface area (Å²) >= 11 is 0. The Labute approximate surface area is 133 Å². The molecule has 1 aromatic heterocycles. The maximum atomic E-state index is 12.2. The number of ether oxygens (including phenoxy) is 1. The van der Waals surface area contributed by atoms with Crippen LogP contribution in [0.15, 0.2) is 30.5 Å². The molecule has 3 rings (SSSR count). The molecule has 0 bridgehead atoms. The van der Waals surface area contributed by atoms with E-state index in [-0.39, 0.29) is 25.8 Å². The Morgan fingerprint density at radius 3 is 2.74 bits per heavy atom. The molecule has 1 saturated heterocycles. The molecular weight excluding hydrogens is 296 g/mol. The van der Waals surface area contributed by atoms with Gasteiger partial charge in [-0.05, 0) is 18.1 Å². The first-order valence-electron chi connectivity index (χ1n) is 7.49. The van der Waals surface area contributed by atoms with Gasteiger partial charge in [0, 0.05) is 29.7 Å². The van der Waals surface area contributed by atoms with Gasteiger partial charge in [0.1, 0.15) is 0 Å². The van der Waals surface area contributed by atoms with Crippen LogP contribution in [-0.2, 0) is 20.7 Å². The Bertz CT molecular complexity index is 736. The maximum absolute atomic E-state index is 12.2. The molecule has 2 amide bonds. The van der Waals surface area contributed by atoms with E-state index in [1.54, 1.807) is 0 Å². The summed E-state index contributed by atoms with van der Waals surface area (Å²) in [6, 6.07) is 7.70. The smallest absolute Gasteiger partial charge is 0.240 e. The maximum Gasteiger partial charge on any atom is 0.240 e. The van der Waals surface area contributed by atoms with Gasteiger partial charge < -0.3 is 26.5 Å². The second-order valence-electron chi connectivity index (χ2n) is 5.97. The summed E-state index contributed by atoms with van der Waals surface area (Å²) in [5, 5.41) is 3.83. The largest absolute Gasteiger partial charge is 0.378 e. The molecule has 0 saturated carbocycles. The van der Waals surface area contributed by atoms with Crippen molar-refractivity contribution in [2.75, 3.05) is 19.8 Å². The SMILES string of the molecule is NC(=O)C1(C(=O)NCC(N)Cc2c[nH]c3ccccc23)COC1. The van der Waals surface area contributed by atoms with E-state index < -0.39 is 17.2 Å². The number of rotatable bonds is 6. The molecule has 7 heteroatoms. The number of aromatic amines is 1. The minimum absolute atomic E-state index is 0.0336. The molecule has 6 N–H and O–H groups in total. The van der Waals surface area contributed by atoms with Gasteiger partial charge in [-0.2, -0.15) is 0 Å². The van der Waals surface area contributed by atoms with Gasteiger partial charge in [0.25, 0.3) is 0 Å². The monoisotopic (exact) mass is 316 g/mol. The van der Waals surface area contributed by atoms with Crippen LogP contribution in [0.2, 0.25) is 0 Å². The van der Waals surface area contributed by atoms with Gasteiger partial charge in [0.05, 0.1) is 13.2 Å². The van der Waals surface area contributed by atoms with Crippen LogP contribution in [0.25, 0.3) is 10.9 Å². The minimum atomic E-state index is -1.24. The molecule has 23 heavy (non-hydrogen) atoms. The van der Waals surface area contributed by atoms with Crippen LogP contribution in [0.5, 0.6) is 0 Å². The van der Waals surface area contributed by atoms with Crippen LogP contribution in [0.1, 0.15) is 5.56 Å². The van der Waals surface area contributed by atoms with Crippen LogP contribution in [0.4, 0.5) is 0 Å². The van der Waals surface area contributed by atoms with Gasteiger partial charge in [-0.25, -0.2) is 0 Å². The molecule has 122 valence electrons. The third-order valence-corrected chi connectivity index (χ3v) is 4.29. The fourth-order valence-electron chi connectivity index (χ4n) is 2.74. The minimum Gasteiger partial charge on any atom is -0.378 e. The van der Waals surface area contributed by atoms with E-state index in [4.69, 9.17) is 16.2 Å². The van der Waals surface area contributed by atoms with Gasteiger partial charge in [0.2, 0.25) is 11.8 Å². The molecule has 1 aromatic carbocycles. The molecule has 0 aliphatic carbocycles.